The Morgan fingerprint density at radius 1 is 1.27 bits per heavy atom. The van der Waals surface area contributed by atoms with E-state index in [0.717, 1.165) is 60.0 Å². The Kier molecular flexibility index (Phi) is 4.90. The molecule has 1 aliphatic heterocycles. The van der Waals surface area contributed by atoms with Crippen LogP contribution in [-0.4, -0.2) is 29.7 Å². The van der Waals surface area contributed by atoms with Gasteiger partial charge in [0.1, 0.15) is 11.6 Å². The number of hydrogen-bond donors (Lipinski definition) is 1. The normalized spacial score (nSPS) is 20.8. The second kappa shape index (κ2) is 7.31. The lowest BCUT2D eigenvalue weighted by molar-refractivity contribution is 0.340. The molecule has 1 aliphatic carbocycles. The predicted molar refractivity (Wildman–Crippen MR) is 105 cm³/mol. The second-order valence-electron chi connectivity index (χ2n) is 7.11. The number of rotatable bonds is 7. The number of aryl methyl sites for hydroxylation is 1. The quantitative estimate of drug-likeness (QED) is 0.790. The molecular weight excluding hydrogens is 348 g/mol. The minimum atomic E-state index is 0.610. The van der Waals surface area contributed by atoms with E-state index >= 15 is 0 Å². The number of benzene rings is 1. The lowest BCUT2D eigenvalue weighted by Gasteiger charge is -2.19. The van der Waals surface area contributed by atoms with Gasteiger partial charge in [0, 0.05) is 31.4 Å². The van der Waals surface area contributed by atoms with E-state index in [1.165, 1.54) is 6.42 Å². The maximum Gasteiger partial charge on any atom is 0.227 e. The molecule has 6 heteroatoms. The van der Waals surface area contributed by atoms with Crippen LogP contribution in [0.5, 0.6) is 5.75 Å². The summed E-state index contributed by atoms with van der Waals surface area (Å²) in [5.41, 5.74) is 2.23. The Balaban J connectivity index is 1.47. The van der Waals surface area contributed by atoms with Crippen LogP contribution < -0.4 is 15.0 Å². The van der Waals surface area contributed by atoms with Gasteiger partial charge in [0.05, 0.1) is 11.6 Å². The van der Waals surface area contributed by atoms with Gasteiger partial charge in [0.2, 0.25) is 5.95 Å². The van der Waals surface area contributed by atoms with Crippen molar-refractivity contribution < 1.29 is 4.74 Å². The lowest BCUT2D eigenvalue weighted by Crippen LogP contribution is -2.24. The molecule has 2 heterocycles. The van der Waals surface area contributed by atoms with Gasteiger partial charge in [-0.05, 0) is 49.3 Å². The van der Waals surface area contributed by atoms with Gasteiger partial charge >= 0.3 is 0 Å². The Hall–Kier alpha value is -2.01. The Morgan fingerprint density at radius 3 is 2.77 bits per heavy atom. The fourth-order valence-electron chi connectivity index (χ4n) is 3.64. The molecule has 1 aromatic heterocycles. The molecule has 5 nitrogen and oxygen atoms in total. The number of ether oxygens (including phenoxy) is 1. The molecule has 4 rings (SSSR count). The number of anilines is 2. The van der Waals surface area contributed by atoms with Gasteiger partial charge < -0.3 is 15.0 Å². The molecule has 1 saturated carbocycles. The van der Waals surface area contributed by atoms with Crippen LogP contribution in [-0.2, 0) is 13.0 Å². The summed E-state index contributed by atoms with van der Waals surface area (Å²) in [5.74, 6) is 4.23. The van der Waals surface area contributed by atoms with Crippen LogP contribution in [0.2, 0.25) is 5.02 Å². The van der Waals surface area contributed by atoms with Crippen LogP contribution >= 0.6 is 11.6 Å². The average Bonchev–Trinajstić information content (AvgIpc) is 3.27. The third-order valence-corrected chi connectivity index (χ3v) is 5.55. The number of nitrogens with zero attached hydrogens (tertiary/aromatic N) is 3. The number of hydrogen-bond acceptors (Lipinski definition) is 5. The highest BCUT2D eigenvalue weighted by atomic mass is 35.5. The largest absolute Gasteiger partial charge is 0.492 e. The molecule has 0 radical (unpaired) electrons. The summed E-state index contributed by atoms with van der Waals surface area (Å²) in [4.78, 5) is 11.7. The van der Waals surface area contributed by atoms with Crippen LogP contribution in [0.15, 0.2) is 24.4 Å². The van der Waals surface area contributed by atoms with Crippen LogP contribution in [0, 0.1) is 11.8 Å². The molecule has 1 N–H and O–H groups in total. The van der Waals surface area contributed by atoms with Crippen molar-refractivity contribution in [3.63, 3.8) is 0 Å². The van der Waals surface area contributed by atoms with E-state index in [0.29, 0.717) is 18.2 Å². The van der Waals surface area contributed by atoms with Crippen molar-refractivity contribution in [3.05, 3.63) is 40.5 Å². The minimum absolute atomic E-state index is 0.610. The molecule has 0 spiro atoms. The number of fused-ring (bicyclic) bond motifs is 1. The molecule has 26 heavy (non-hydrogen) atoms. The highest BCUT2D eigenvalue weighted by molar-refractivity contribution is 6.32. The zero-order valence-corrected chi connectivity index (χ0v) is 16.1. The van der Waals surface area contributed by atoms with Gasteiger partial charge in [0.15, 0.2) is 0 Å². The molecule has 2 unspecified atom stereocenters. The van der Waals surface area contributed by atoms with Crippen molar-refractivity contribution in [1.82, 2.24) is 9.97 Å². The first-order valence-corrected chi connectivity index (χ1v) is 9.81. The summed E-state index contributed by atoms with van der Waals surface area (Å²) >= 11 is 6.29. The molecule has 138 valence electrons. The monoisotopic (exact) mass is 372 g/mol. The number of aromatic nitrogens is 2. The fourth-order valence-corrected chi connectivity index (χ4v) is 3.89. The molecule has 2 aromatic rings. The standard InChI is InChI=1S/C20H25ClN4O/c1-3-14-10-23-20(25-11-15-8-16(15)12-25)24-19(14)22-9-13-5-6-18(26-4-2)17(21)7-13/h5-7,10,15-16H,3-4,8-9,11-12H2,1-2H3,(H,22,23,24). The van der Waals surface area contributed by atoms with E-state index in [4.69, 9.17) is 21.3 Å². The SMILES string of the molecule is CCOc1ccc(CNc2nc(N3CC4CC4C3)ncc2CC)cc1Cl. The average molecular weight is 373 g/mol. The number of nitrogens with one attached hydrogen (secondary N) is 1. The molecule has 2 aliphatic rings. The molecule has 0 amide bonds. The zero-order valence-electron chi connectivity index (χ0n) is 15.3. The third-order valence-electron chi connectivity index (χ3n) is 5.25. The molecule has 1 saturated heterocycles. The summed E-state index contributed by atoms with van der Waals surface area (Å²) in [6, 6.07) is 5.90. The molecule has 1 aromatic carbocycles. The van der Waals surface area contributed by atoms with Gasteiger partial charge in [0.25, 0.3) is 0 Å². The highest BCUT2D eigenvalue weighted by Gasteiger charge is 2.45. The Labute approximate surface area is 159 Å². The number of piperidine rings is 1. The Morgan fingerprint density at radius 2 is 2.08 bits per heavy atom. The summed E-state index contributed by atoms with van der Waals surface area (Å²) < 4.78 is 5.50. The zero-order chi connectivity index (χ0) is 18.1. The predicted octanol–water partition coefficient (Wildman–Crippen LogP) is 4.16. The van der Waals surface area contributed by atoms with Gasteiger partial charge in [-0.25, -0.2) is 4.98 Å². The van der Waals surface area contributed by atoms with Crippen molar-refractivity contribution in [3.8, 4) is 5.75 Å². The molecule has 2 atom stereocenters. The smallest absolute Gasteiger partial charge is 0.227 e. The van der Waals surface area contributed by atoms with E-state index < -0.39 is 0 Å². The first-order valence-electron chi connectivity index (χ1n) is 9.43. The van der Waals surface area contributed by atoms with Crippen LogP contribution in [0.4, 0.5) is 11.8 Å². The van der Waals surface area contributed by atoms with Crippen LogP contribution in [0.3, 0.4) is 0 Å². The van der Waals surface area contributed by atoms with E-state index in [2.05, 4.69) is 22.1 Å². The third kappa shape index (κ3) is 3.58. The molecule has 0 bridgehead atoms. The van der Waals surface area contributed by atoms with Gasteiger partial charge in [-0.2, -0.15) is 4.98 Å². The van der Waals surface area contributed by atoms with Gasteiger partial charge in [-0.3, -0.25) is 0 Å². The first kappa shape index (κ1) is 17.4. The summed E-state index contributed by atoms with van der Waals surface area (Å²) in [7, 11) is 0. The lowest BCUT2D eigenvalue weighted by atomic mass is 10.2. The Bertz CT molecular complexity index is 787. The van der Waals surface area contributed by atoms with E-state index in [-0.39, 0.29) is 0 Å². The summed E-state index contributed by atoms with van der Waals surface area (Å²) in [5, 5.41) is 4.11. The maximum absolute atomic E-state index is 6.29. The van der Waals surface area contributed by atoms with E-state index in [1.54, 1.807) is 0 Å². The van der Waals surface area contributed by atoms with E-state index in [9.17, 15) is 0 Å². The van der Waals surface area contributed by atoms with Gasteiger partial charge in [-0.15, -0.1) is 0 Å². The summed E-state index contributed by atoms with van der Waals surface area (Å²) in [6.45, 7) is 7.56. The molecule has 2 fully saturated rings. The first-order chi connectivity index (χ1) is 12.7. The fraction of sp³-hybridized carbons (Fsp3) is 0.500. The van der Waals surface area contributed by atoms with Crippen molar-refractivity contribution in [1.29, 1.82) is 0 Å². The van der Waals surface area contributed by atoms with Crippen LogP contribution in [0.1, 0.15) is 31.4 Å². The minimum Gasteiger partial charge on any atom is -0.492 e. The van der Waals surface area contributed by atoms with Crippen molar-refractivity contribution in [2.45, 2.75) is 33.2 Å². The molecular formula is C20H25ClN4O. The van der Waals surface area contributed by atoms with E-state index in [1.807, 2.05) is 31.3 Å². The van der Waals surface area contributed by atoms with Crippen LogP contribution in [0.25, 0.3) is 0 Å². The van der Waals surface area contributed by atoms with Crippen molar-refractivity contribution in [2.24, 2.45) is 11.8 Å². The second-order valence-corrected chi connectivity index (χ2v) is 7.52. The van der Waals surface area contributed by atoms with Crippen molar-refractivity contribution in [2.75, 3.05) is 29.9 Å². The van der Waals surface area contributed by atoms with Gasteiger partial charge in [-0.1, -0.05) is 24.6 Å². The maximum atomic E-state index is 6.29. The summed E-state index contributed by atoms with van der Waals surface area (Å²) in [6.07, 6.45) is 4.24. The van der Waals surface area contributed by atoms with Crippen molar-refractivity contribution >= 4 is 23.4 Å². The highest BCUT2D eigenvalue weighted by Crippen LogP contribution is 2.45. The number of halogens is 1. The topological polar surface area (TPSA) is 50.3 Å².